The van der Waals surface area contributed by atoms with Crippen LogP contribution in [-0.2, 0) is 0 Å². The highest BCUT2D eigenvalue weighted by Crippen LogP contribution is 2.31. The zero-order chi connectivity index (χ0) is 15.5. The fraction of sp³-hybridized carbons (Fsp3) is 0.333. The number of hydrogen-bond donors (Lipinski definition) is 0. The number of thiazole rings is 1. The van der Waals surface area contributed by atoms with E-state index in [1.165, 1.54) is 17.5 Å². The third kappa shape index (κ3) is 3.29. The Labute approximate surface area is 139 Å². The number of aromatic nitrogens is 2. The molecule has 0 amide bonds. The first kappa shape index (κ1) is 14.5. The predicted molar refractivity (Wildman–Crippen MR) is 94.3 cm³/mol. The van der Waals surface area contributed by atoms with Crippen molar-refractivity contribution in [2.24, 2.45) is 5.92 Å². The minimum absolute atomic E-state index is 0.545. The molecule has 3 heterocycles. The van der Waals surface area contributed by atoms with E-state index in [1.54, 1.807) is 23.7 Å². The van der Waals surface area contributed by atoms with Crippen molar-refractivity contribution in [1.29, 1.82) is 0 Å². The summed E-state index contributed by atoms with van der Waals surface area (Å²) in [7, 11) is 0. The lowest BCUT2D eigenvalue weighted by molar-refractivity contribution is 0.228. The van der Waals surface area contributed by atoms with Crippen molar-refractivity contribution in [1.82, 2.24) is 9.97 Å². The fourth-order valence-electron chi connectivity index (χ4n) is 3.02. The van der Waals surface area contributed by atoms with E-state index in [9.17, 15) is 0 Å². The van der Waals surface area contributed by atoms with Gasteiger partial charge in [-0.15, -0.1) is 0 Å². The van der Waals surface area contributed by atoms with Gasteiger partial charge in [0.15, 0.2) is 5.13 Å². The van der Waals surface area contributed by atoms with Crippen molar-refractivity contribution in [3.63, 3.8) is 0 Å². The van der Waals surface area contributed by atoms with Gasteiger partial charge in [-0.25, -0.2) is 4.98 Å². The van der Waals surface area contributed by atoms with E-state index in [2.05, 4.69) is 28.1 Å². The number of fused-ring (bicyclic) bond motifs is 1. The summed E-state index contributed by atoms with van der Waals surface area (Å²) in [5.41, 5.74) is 1.10. The lowest BCUT2D eigenvalue weighted by atomic mass is 9.99. The maximum absolute atomic E-state index is 5.90. The van der Waals surface area contributed by atoms with E-state index in [1.807, 2.05) is 18.2 Å². The maximum Gasteiger partial charge on any atom is 0.186 e. The smallest absolute Gasteiger partial charge is 0.186 e. The van der Waals surface area contributed by atoms with Crippen molar-refractivity contribution in [2.45, 2.75) is 12.8 Å². The van der Waals surface area contributed by atoms with Crippen LogP contribution in [0.4, 0.5) is 5.13 Å². The quantitative estimate of drug-likeness (QED) is 0.727. The Balaban J connectivity index is 1.42. The minimum atomic E-state index is 0.545. The molecule has 1 atom stereocenters. The van der Waals surface area contributed by atoms with Gasteiger partial charge in [-0.1, -0.05) is 23.5 Å². The summed E-state index contributed by atoms with van der Waals surface area (Å²) in [6, 6.07) is 12.2. The van der Waals surface area contributed by atoms with Crippen LogP contribution < -0.4 is 9.64 Å². The van der Waals surface area contributed by atoms with Gasteiger partial charge in [0.05, 0.1) is 16.8 Å². The zero-order valence-corrected chi connectivity index (χ0v) is 13.7. The van der Waals surface area contributed by atoms with Crippen LogP contribution in [-0.4, -0.2) is 29.7 Å². The monoisotopic (exact) mass is 325 g/mol. The van der Waals surface area contributed by atoms with Gasteiger partial charge >= 0.3 is 0 Å². The van der Waals surface area contributed by atoms with Crippen LogP contribution in [0.2, 0.25) is 0 Å². The summed E-state index contributed by atoms with van der Waals surface area (Å²) in [4.78, 5) is 11.2. The molecule has 1 unspecified atom stereocenters. The molecule has 0 bridgehead atoms. The summed E-state index contributed by atoms with van der Waals surface area (Å²) in [6.45, 7) is 2.86. The van der Waals surface area contributed by atoms with E-state index >= 15 is 0 Å². The number of para-hydroxylation sites is 1. The van der Waals surface area contributed by atoms with Gasteiger partial charge in [-0.2, -0.15) is 0 Å². The standard InChI is InChI=1S/C18H19N3OS/c1-2-6-17-16(5-1)20-18(23-17)21-11-3-4-14(12-21)13-22-15-7-9-19-10-8-15/h1-2,5-10,14H,3-4,11-13H2. The normalized spacial score (nSPS) is 18.3. The summed E-state index contributed by atoms with van der Waals surface area (Å²) >= 11 is 1.79. The molecule has 0 N–H and O–H groups in total. The van der Waals surface area contributed by atoms with E-state index in [0.717, 1.165) is 36.1 Å². The number of hydrogen-bond acceptors (Lipinski definition) is 5. The Morgan fingerprint density at radius 3 is 2.91 bits per heavy atom. The number of ether oxygens (including phenoxy) is 1. The molecule has 1 fully saturated rings. The van der Waals surface area contributed by atoms with Crippen molar-refractivity contribution >= 4 is 26.7 Å². The zero-order valence-electron chi connectivity index (χ0n) is 12.9. The van der Waals surface area contributed by atoms with Crippen LogP contribution in [0.5, 0.6) is 5.75 Å². The highest BCUT2D eigenvalue weighted by molar-refractivity contribution is 7.22. The molecule has 23 heavy (non-hydrogen) atoms. The van der Waals surface area contributed by atoms with Crippen LogP contribution in [0.25, 0.3) is 10.2 Å². The lowest BCUT2D eigenvalue weighted by Crippen LogP contribution is -2.37. The number of rotatable bonds is 4. The average molecular weight is 325 g/mol. The van der Waals surface area contributed by atoms with Gasteiger partial charge in [0, 0.05) is 31.4 Å². The lowest BCUT2D eigenvalue weighted by Gasteiger charge is -2.32. The molecule has 2 aromatic heterocycles. The summed E-state index contributed by atoms with van der Waals surface area (Å²) in [6.07, 6.45) is 5.94. The number of anilines is 1. The van der Waals surface area contributed by atoms with Crippen LogP contribution in [0.1, 0.15) is 12.8 Å². The van der Waals surface area contributed by atoms with Crippen molar-refractivity contribution < 1.29 is 4.74 Å². The Hall–Kier alpha value is -2.14. The minimum Gasteiger partial charge on any atom is -0.493 e. The van der Waals surface area contributed by atoms with Gasteiger partial charge < -0.3 is 9.64 Å². The predicted octanol–water partition coefficient (Wildman–Crippen LogP) is 3.99. The number of nitrogens with zero attached hydrogens (tertiary/aromatic N) is 3. The molecular formula is C18H19N3OS. The van der Waals surface area contributed by atoms with Crippen LogP contribution >= 0.6 is 11.3 Å². The number of benzene rings is 1. The van der Waals surface area contributed by atoms with Gasteiger partial charge in [0.2, 0.25) is 0 Å². The number of pyridine rings is 1. The van der Waals surface area contributed by atoms with Crippen molar-refractivity contribution in [3.05, 3.63) is 48.8 Å². The molecule has 1 saturated heterocycles. The van der Waals surface area contributed by atoms with Crippen LogP contribution in [0, 0.1) is 5.92 Å². The fourth-order valence-corrected chi connectivity index (χ4v) is 4.02. The molecule has 5 heteroatoms. The van der Waals surface area contributed by atoms with Gasteiger partial charge in [0.1, 0.15) is 5.75 Å². The number of piperidine rings is 1. The molecule has 1 aliphatic heterocycles. The van der Waals surface area contributed by atoms with E-state index in [-0.39, 0.29) is 0 Å². The largest absolute Gasteiger partial charge is 0.493 e. The second-order valence-corrected chi connectivity index (χ2v) is 6.92. The van der Waals surface area contributed by atoms with E-state index in [0.29, 0.717) is 5.92 Å². The second-order valence-electron chi connectivity index (χ2n) is 5.91. The molecule has 0 radical (unpaired) electrons. The summed E-state index contributed by atoms with van der Waals surface area (Å²) in [5.74, 6) is 1.45. The van der Waals surface area contributed by atoms with E-state index in [4.69, 9.17) is 9.72 Å². The van der Waals surface area contributed by atoms with Gasteiger partial charge in [-0.05, 0) is 37.1 Å². The van der Waals surface area contributed by atoms with Gasteiger partial charge in [0.25, 0.3) is 0 Å². The van der Waals surface area contributed by atoms with Crippen molar-refractivity contribution in [2.75, 3.05) is 24.6 Å². The molecule has 0 saturated carbocycles. The Bertz CT molecular complexity index is 741. The van der Waals surface area contributed by atoms with Crippen molar-refractivity contribution in [3.8, 4) is 5.75 Å². The second kappa shape index (κ2) is 6.54. The summed E-state index contributed by atoms with van der Waals surface area (Å²) < 4.78 is 7.17. The van der Waals surface area contributed by atoms with E-state index < -0.39 is 0 Å². The third-order valence-corrected chi connectivity index (χ3v) is 5.30. The van der Waals surface area contributed by atoms with Crippen LogP contribution in [0.15, 0.2) is 48.8 Å². The van der Waals surface area contributed by atoms with Crippen LogP contribution in [0.3, 0.4) is 0 Å². The average Bonchev–Trinajstić information content (AvgIpc) is 3.05. The molecule has 3 aromatic rings. The topological polar surface area (TPSA) is 38.2 Å². The molecule has 1 aliphatic rings. The molecule has 0 spiro atoms. The molecule has 118 valence electrons. The molecule has 4 nitrogen and oxygen atoms in total. The molecule has 4 rings (SSSR count). The Morgan fingerprint density at radius 2 is 2.04 bits per heavy atom. The molecule has 0 aliphatic carbocycles. The SMILES string of the molecule is c1ccc2sc(N3CCCC(COc4ccncc4)C3)nc2c1. The first-order valence-electron chi connectivity index (χ1n) is 8.02. The first-order valence-corrected chi connectivity index (χ1v) is 8.83. The Morgan fingerprint density at radius 1 is 1.17 bits per heavy atom. The third-order valence-electron chi connectivity index (χ3n) is 4.21. The Kier molecular flexibility index (Phi) is 4.11. The molecular weight excluding hydrogens is 306 g/mol. The maximum atomic E-state index is 5.90. The first-order chi connectivity index (χ1) is 11.4. The highest BCUT2D eigenvalue weighted by atomic mass is 32.1. The molecule has 1 aromatic carbocycles. The van der Waals surface area contributed by atoms with Gasteiger partial charge in [-0.3, -0.25) is 4.98 Å². The summed E-state index contributed by atoms with van der Waals surface area (Å²) in [5, 5.41) is 1.14. The highest BCUT2D eigenvalue weighted by Gasteiger charge is 2.22.